The van der Waals surface area contributed by atoms with Crippen LogP contribution in [0.5, 0.6) is 0 Å². The Morgan fingerprint density at radius 3 is 0.780 bits per heavy atom. The minimum absolute atomic E-state index is 0.0274. The van der Waals surface area contributed by atoms with E-state index in [0.717, 1.165) is 51.4 Å². The highest BCUT2D eigenvalue weighted by atomic mass is 16.5. The number of hydrogen-bond acceptors (Lipinski definition) is 3. The Hall–Kier alpha value is -0.860. The Labute approximate surface area is 372 Å². The molecule has 0 aromatic rings. The number of unbranched alkanes of at least 4 members (excludes halogenated alkanes) is 40. The molecule has 3 nitrogen and oxygen atoms in total. The number of carbonyl (C=O) groups excluding carboxylic acids is 2. The molecule has 0 aromatic heterocycles. The molecule has 3 heteroatoms. The molecule has 0 radical (unpaired) electrons. The first-order valence-corrected chi connectivity index (χ1v) is 27.8. The van der Waals surface area contributed by atoms with Gasteiger partial charge in [-0.15, -0.1) is 0 Å². The van der Waals surface area contributed by atoms with E-state index in [4.69, 9.17) is 4.74 Å². The number of Topliss-reactive ketones (excluding diaryl/α,β-unsaturated/α-hetero) is 1. The molecular weight excluding hydrogens is 721 g/mol. The van der Waals surface area contributed by atoms with E-state index in [1.54, 1.807) is 0 Å². The van der Waals surface area contributed by atoms with Crippen LogP contribution >= 0.6 is 0 Å². The highest BCUT2D eigenvalue weighted by molar-refractivity contribution is 6.00. The summed E-state index contributed by atoms with van der Waals surface area (Å²) >= 11 is 0. The van der Waals surface area contributed by atoms with Crippen LogP contribution < -0.4 is 0 Å². The molecule has 59 heavy (non-hydrogen) atoms. The maximum Gasteiger partial charge on any atom is 0.316 e. The quantitative estimate of drug-likeness (QED) is 0.0348. The van der Waals surface area contributed by atoms with E-state index in [9.17, 15) is 9.59 Å². The third-order valence-corrected chi connectivity index (χ3v) is 13.4. The van der Waals surface area contributed by atoms with Crippen LogP contribution in [0.2, 0.25) is 0 Å². The summed E-state index contributed by atoms with van der Waals surface area (Å²) in [5, 5.41) is 0. The standard InChI is InChI=1S/C56H110O3/c1-5-9-13-17-21-24-27-29-31-33-36-39-42-46-50-53(49-45-41-38-35-26-23-19-15-11-7-3)55(57)54(56(58)59-52-48-44-20-16-12-8-4)51-47-43-40-37-34-32-30-28-25-22-18-14-10-6-2/h53-54H,5-52H2,1-4H3. The number of esters is 1. The van der Waals surface area contributed by atoms with Crippen molar-refractivity contribution in [2.45, 2.75) is 329 Å². The zero-order chi connectivity index (χ0) is 43.0. The van der Waals surface area contributed by atoms with Gasteiger partial charge in [-0.05, 0) is 25.7 Å². The van der Waals surface area contributed by atoms with Gasteiger partial charge in [0.25, 0.3) is 0 Å². The summed E-state index contributed by atoms with van der Waals surface area (Å²) in [6.07, 6.45) is 60.3. The highest BCUT2D eigenvalue weighted by Gasteiger charge is 2.32. The van der Waals surface area contributed by atoms with Crippen molar-refractivity contribution in [2.75, 3.05) is 6.61 Å². The Balaban J connectivity index is 5.00. The monoisotopic (exact) mass is 831 g/mol. The van der Waals surface area contributed by atoms with Gasteiger partial charge in [0, 0.05) is 5.92 Å². The van der Waals surface area contributed by atoms with Gasteiger partial charge in [0.1, 0.15) is 11.7 Å². The summed E-state index contributed by atoms with van der Waals surface area (Å²) in [4.78, 5) is 28.1. The van der Waals surface area contributed by atoms with Crippen molar-refractivity contribution in [3.8, 4) is 0 Å². The fourth-order valence-electron chi connectivity index (χ4n) is 9.25. The molecule has 0 N–H and O–H groups in total. The lowest BCUT2D eigenvalue weighted by atomic mass is 9.82. The normalized spacial score (nSPS) is 12.6. The molecular formula is C56H110O3. The maximum atomic E-state index is 14.4. The summed E-state index contributed by atoms with van der Waals surface area (Å²) in [6, 6.07) is 0. The van der Waals surface area contributed by atoms with E-state index >= 15 is 0 Å². The molecule has 0 heterocycles. The van der Waals surface area contributed by atoms with E-state index in [2.05, 4.69) is 27.7 Å². The summed E-state index contributed by atoms with van der Waals surface area (Å²) in [6.45, 7) is 9.61. The molecule has 0 saturated heterocycles. The van der Waals surface area contributed by atoms with Gasteiger partial charge in [-0.25, -0.2) is 0 Å². The third-order valence-electron chi connectivity index (χ3n) is 13.4. The van der Waals surface area contributed by atoms with Crippen LogP contribution in [0.3, 0.4) is 0 Å². The average molecular weight is 831 g/mol. The van der Waals surface area contributed by atoms with Gasteiger partial charge >= 0.3 is 5.97 Å². The first-order valence-electron chi connectivity index (χ1n) is 27.8. The first kappa shape index (κ1) is 58.1. The van der Waals surface area contributed by atoms with Crippen LogP contribution in [-0.2, 0) is 14.3 Å². The largest absolute Gasteiger partial charge is 0.465 e. The smallest absolute Gasteiger partial charge is 0.316 e. The van der Waals surface area contributed by atoms with Crippen LogP contribution in [0.4, 0.5) is 0 Å². The molecule has 0 fully saturated rings. The Morgan fingerprint density at radius 2 is 0.508 bits per heavy atom. The molecule has 0 aliphatic carbocycles. The summed E-state index contributed by atoms with van der Waals surface area (Å²) in [5.41, 5.74) is 0. The van der Waals surface area contributed by atoms with Crippen LogP contribution in [0.25, 0.3) is 0 Å². The van der Waals surface area contributed by atoms with Gasteiger partial charge in [-0.1, -0.05) is 304 Å². The van der Waals surface area contributed by atoms with E-state index < -0.39 is 5.92 Å². The van der Waals surface area contributed by atoms with Gasteiger partial charge in [-0.3, -0.25) is 9.59 Å². The minimum atomic E-state index is -0.549. The van der Waals surface area contributed by atoms with Gasteiger partial charge in [0.2, 0.25) is 0 Å². The highest BCUT2D eigenvalue weighted by Crippen LogP contribution is 2.27. The fourth-order valence-corrected chi connectivity index (χ4v) is 9.25. The topological polar surface area (TPSA) is 43.4 Å². The number of ketones is 1. The maximum absolute atomic E-state index is 14.4. The number of rotatable bonds is 51. The van der Waals surface area contributed by atoms with Crippen molar-refractivity contribution in [3.05, 3.63) is 0 Å². The Kier molecular flexibility index (Phi) is 49.1. The second kappa shape index (κ2) is 49.8. The van der Waals surface area contributed by atoms with Crippen molar-refractivity contribution >= 4 is 11.8 Å². The molecule has 0 aliphatic heterocycles. The number of hydrogen-bond donors (Lipinski definition) is 0. The van der Waals surface area contributed by atoms with E-state index in [-0.39, 0.29) is 17.7 Å². The van der Waals surface area contributed by atoms with Gasteiger partial charge in [0.05, 0.1) is 6.61 Å². The minimum Gasteiger partial charge on any atom is -0.465 e. The summed E-state index contributed by atoms with van der Waals surface area (Å²) in [7, 11) is 0. The van der Waals surface area contributed by atoms with Crippen LogP contribution in [-0.4, -0.2) is 18.4 Å². The molecule has 352 valence electrons. The number of carbonyl (C=O) groups is 2. The van der Waals surface area contributed by atoms with Crippen LogP contribution in [0, 0.1) is 11.8 Å². The lowest BCUT2D eigenvalue weighted by molar-refractivity contribution is -0.153. The lowest BCUT2D eigenvalue weighted by Crippen LogP contribution is -2.32. The van der Waals surface area contributed by atoms with Crippen molar-refractivity contribution < 1.29 is 14.3 Å². The predicted molar refractivity (Wildman–Crippen MR) is 263 cm³/mol. The SMILES string of the molecule is CCCCCCCCCCCCCCCCC(CCCCCCCCCCCC)C(=O)C(CCCCCCCCCCCCCCCC)C(=O)OCCCCCCCC. The van der Waals surface area contributed by atoms with Crippen molar-refractivity contribution in [1.29, 1.82) is 0 Å². The van der Waals surface area contributed by atoms with Crippen molar-refractivity contribution in [3.63, 3.8) is 0 Å². The molecule has 2 atom stereocenters. The van der Waals surface area contributed by atoms with Crippen molar-refractivity contribution in [1.82, 2.24) is 0 Å². The zero-order valence-corrected chi connectivity index (χ0v) is 41.3. The Bertz CT molecular complexity index is 822. The summed E-state index contributed by atoms with van der Waals surface area (Å²) in [5.74, 6) is -0.489. The number of ether oxygens (including phenoxy) is 1. The molecule has 0 aromatic carbocycles. The third kappa shape index (κ3) is 42.2. The van der Waals surface area contributed by atoms with Gasteiger partial charge < -0.3 is 4.74 Å². The van der Waals surface area contributed by atoms with E-state index in [0.29, 0.717) is 13.0 Å². The first-order chi connectivity index (χ1) is 29.1. The predicted octanol–water partition coefficient (Wildman–Crippen LogP) is 19.7. The molecule has 0 spiro atoms. The lowest BCUT2D eigenvalue weighted by Gasteiger charge is -2.22. The van der Waals surface area contributed by atoms with E-state index in [1.165, 1.54) is 244 Å². The second-order valence-corrected chi connectivity index (χ2v) is 19.3. The van der Waals surface area contributed by atoms with E-state index in [1.807, 2.05) is 0 Å². The molecule has 0 amide bonds. The van der Waals surface area contributed by atoms with Crippen LogP contribution in [0.1, 0.15) is 329 Å². The molecule has 0 rings (SSSR count). The fraction of sp³-hybridized carbons (Fsp3) is 0.964. The van der Waals surface area contributed by atoms with Crippen molar-refractivity contribution in [2.24, 2.45) is 11.8 Å². The zero-order valence-electron chi connectivity index (χ0n) is 41.3. The van der Waals surface area contributed by atoms with Gasteiger partial charge in [-0.2, -0.15) is 0 Å². The molecule has 2 unspecified atom stereocenters. The second-order valence-electron chi connectivity index (χ2n) is 19.3. The average Bonchev–Trinajstić information content (AvgIpc) is 3.24. The van der Waals surface area contributed by atoms with Gasteiger partial charge in [0.15, 0.2) is 0 Å². The molecule has 0 aliphatic rings. The Morgan fingerprint density at radius 1 is 0.288 bits per heavy atom. The molecule has 0 bridgehead atoms. The van der Waals surface area contributed by atoms with Crippen LogP contribution in [0.15, 0.2) is 0 Å². The summed E-state index contributed by atoms with van der Waals surface area (Å²) < 4.78 is 5.92. The molecule has 0 saturated carbocycles.